The third-order valence-electron chi connectivity index (χ3n) is 8.40. The molecule has 198 valence electrons. The number of benzene rings is 2. The van der Waals surface area contributed by atoms with E-state index in [4.69, 9.17) is 9.47 Å². The largest absolute Gasteiger partial charge is 0.508 e. The maximum atomic E-state index is 13.9. The number of ketones is 2. The van der Waals surface area contributed by atoms with Gasteiger partial charge in [0.25, 0.3) is 0 Å². The molecule has 4 aliphatic rings. The number of aromatic hydroxyl groups is 1. The van der Waals surface area contributed by atoms with Gasteiger partial charge >= 0.3 is 0 Å². The highest BCUT2D eigenvalue weighted by atomic mass is 16.5. The maximum absolute atomic E-state index is 13.9. The zero-order valence-corrected chi connectivity index (χ0v) is 21.8. The number of allylic oxidation sites excluding steroid dienone is 6. The molecule has 2 amide bonds. The zero-order valence-electron chi connectivity index (χ0n) is 21.8. The second-order valence-electron chi connectivity index (χ2n) is 10.3. The van der Waals surface area contributed by atoms with E-state index in [0.717, 1.165) is 5.57 Å². The molecular weight excluding hydrogens is 498 g/mol. The van der Waals surface area contributed by atoms with E-state index < -0.39 is 23.7 Å². The average Bonchev–Trinajstić information content (AvgIpc) is 3.20. The number of hydrogen-bond donors (Lipinski definition) is 1. The van der Waals surface area contributed by atoms with Crippen LogP contribution in [0.4, 0.5) is 5.69 Å². The van der Waals surface area contributed by atoms with Crippen LogP contribution < -0.4 is 14.4 Å². The van der Waals surface area contributed by atoms with Crippen LogP contribution in [-0.4, -0.2) is 42.7 Å². The molecule has 1 N–H and O–H groups in total. The number of phenolic OH excluding ortho intramolecular Hbond substituents is 1. The number of Topliss-reactive ketones (excluding diaryl/α,β-unsaturated/α-hetero) is 1. The quantitative estimate of drug-likeness (QED) is 0.364. The van der Waals surface area contributed by atoms with Crippen molar-refractivity contribution in [2.45, 2.75) is 25.7 Å². The molecule has 0 aromatic heterocycles. The number of methoxy groups -OCH3 is 2. The van der Waals surface area contributed by atoms with Crippen LogP contribution in [0, 0.1) is 17.8 Å². The summed E-state index contributed by atoms with van der Waals surface area (Å²) in [6.07, 6.45) is 3.79. The number of para-hydroxylation sites is 1. The van der Waals surface area contributed by atoms with Gasteiger partial charge in [-0.25, -0.2) is 0 Å². The van der Waals surface area contributed by atoms with Crippen molar-refractivity contribution in [1.82, 2.24) is 0 Å². The Morgan fingerprint density at radius 1 is 0.923 bits per heavy atom. The van der Waals surface area contributed by atoms with Gasteiger partial charge in [-0.15, -0.1) is 0 Å². The van der Waals surface area contributed by atoms with Gasteiger partial charge in [0, 0.05) is 40.3 Å². The zero-order chi connectivity index (χ0) is 27.6. The summed E-state index contributed by atoms with van der Waals surface area (Å²) >= 11 is 0. The first-order chi connectivity index (χ1) is 18.8. The van der Waals surface area contributed by atoms with Crippen LogP contribution >= 0.6 is 0 Å². The van der Waals surface area contributed by atoms with Crippen molar-refractivity contribution < 1.29 is 33.8 Å². The minimum atomic E-state index is -0.751. The fraction of sp³-hybridized carbons (Fsp3) is 0.290. The lowest BCUT2D eigenvalue weighted by Crippen LogP contribution is -2.40. The van der Waals surface area contributed by atoms with E-state index in [1.807, 2.05) is 12.1 Å². The Hall–Kier alpha value is -4.46. The summed E-state index contributed by atoms with van der Waals surface area (Å²) in [5.41, 5.74) is 2.79. The van der Waals surface area contributed by atoms with Gasteiger partial charge in [0.15, 0.2) is 11.6 Å². The van der Waals surface area contributed by atoms with Gasteiger partial charge in [0.05, 0.1) is 31.7 Å². The normalized spacial score (nSPS) is 26.1. The Morgan fingerprint density at radius 2 is 1.59 bits per heavy atom. The molecule has 0 bridgehead atoms. The molecule has 6 rings (SSSR count). The Morgan fingerprint density at radius 3 is 2.23 bits per heavy atom. The lowest BCUT2D eigenvalue weighted by molar-refractivity contribution is -0.123. The Bertz CT molecular complexity index is 1520. The highest BCUT2D eigenvalue weighted by Gasteiger charge is 2.57. The lowest BCUT2D eigenvalue weighted by atomic mass is 9.59. The van der Waals surface area contributed by atoms with Crippen molar-refractivity contribution in [1.29, 1.82) is 0 Å². The number of phenols is 1. The van der Waals surface area contributed by atoms with Crippen molar-refractivity contribution in [2.24, 2.45) is 17.8 Å². The lowest BCUT2D eigenvalue weighted by Gasteiger charge is -2.42. The average molecular weight is 526 g/mol. The van der Waals surface area contributed by atoms with Crippen LogP contribution in [-0.2, 0) is 19.2 Å². The van der Waals surface area contributed by atoms with Gasteiger partial charge in [0.2, 0.25) is 11.8 Å². The highest BCUT2D eigenvalue weighted by Crippen LogP contribution is 2.58. The fourth-order valence-electron chi connectivity index (χ4n) is 6.73. The van der Waals surface area contributed by atoms with Crippen LogP contribution in [0.25, 0.3) is 0 Å². The second kappa shape index (κ2) is 9.08. The minimum Gasteiger partial charge on any atom is -0.508 e. The molecule has 8 heteroatoms. The number of hydrogen-bond acceptors (Lipinski definition) is 7. The first-order valence-corrected chi connectivity index (χ1v) is 12.8. The fourth-order valence-corrected chi connectivity index (χ4v) is 6.73. The van der Waals surface area contributed by atoms with Crippen LogP contribution in [0.2, 0.25) is 0 Å². The first-order valence-electron chi connectivity index (χ1n) is 12.8. The molecule has 8 nitrogen and oxygen atoms in total. The molecule has 1 fully saturated rings. The van der Waals surface area contributed by atoms with Crippen LogP contribution in [0.3, 0.4) is 0 Å². The second-order valence-corrected chi connectivity index (χ2v) is 10.3. The molecule has 3 aliphatic carbocycles. The van der Waals surface area contributed by atoms with E-state index in [2.05, 4.69) is 0 Å². The Labute approximate surface area is 225 Å². The molecule has 2 aromatic carbocycles. The number of anilines is 1. The number of fused-ring (bicyclic) bond motifs is 3. The molecule has 0 saturated carbocycles. The summed E-state index contributed by atoms with van der Waals surface area (Å²) in [7, 11) is 2.91. The predicted octanol–water partition coefficient (Wildman–Crippen LogP) is 4.04. The summed E-state index contributed by atoms with van der Waals surface area (Å²) < 4.78 is 11.3. The van der Waals surface area contributed by atoms with Gasteiger partial charge < -0.3 is 14.6 Å². The third kappa shape index (κ3) is 3.58. The van der Waals surface area contributed by atoms with Crippen molar-refractivity contribution >= 4 is 29.1 Å². The molecule has 1 saturated heterocycles. The number of nitrogens with zero attached hydrogens (tertiary/aromatic N) is 1. The van der Waals surface area contributed by atoms with Crippen molar-refractivity contribution in [3.63, 3.8) is 0 Å². The summed E-state index contributed by atoms with van der Waals surface area (Å²) in [6, 6.07) is 11.7. The summed E-state index contributed by atoms with van der Waals surface area (Å²) in [5.74, 6) is -3.08. The van der Waals surface area contributed by atoms with E-state index in [1.165, 1.54) is 37.3 Å². The van der Waals surface area contributed by atoms with Gasteiger partial charge in [-0.2, -0.15) is 0 Å². The molecular formula is C31H27NO7. The van der Waals surface area contributed by atoms with Gasteiger partial charge in [0.1, 0.15) is 17.2 Å². The van der Waals surface area contributed by atoms with Gasteiger partial charge in [-0.3, -0.25) is 24.1 Å². The SMILES string of the molecule is COc1cc(O)cc(OC)c1[C@H]1C2=CC[C@@H]3C(=O)N(c4ccccc4)C(=O)[C@@H]3[C@@H]2CC2=C1C(=O)C(C)=CC2=O. The predicted molar refractivity (Wildman–Crippen MR) is 141 cm³/mol. The molecule has 4 atom stereocenters. The number of carbonyl (C=O) groups excluding carboxylic acids is 4. The third-order valence-corrected chi connectivity index (χ3v) is 8.40. The van der Waals surface area contributed by atoms with E-state index in [-0.39, 0.29) is 35.6 Å². The van der Waals surface area contributed by atoms with Crippen LogP contribution in [0.1, 0.15) is 31.2 Å². The summed E-state index contributed by atoms with van der Waals surface area (Å²) in [6.45, 7) is 1.61. The van der Waals surface area contributed by atoms with Crippen LogP contribution in [0.15, 0.2) is 76.9 Å². The van der Waals surface area contributed by atoms with Gasteiger partial charge in [-0.05, 0) is 43.9 Å². The molecule has 0 radical (unpaired) electrons. The summed E-state index contributed by atoms with van der Waals surface area (Å²) in [5, 5.41) is 10.3. The number of imide groups is 1. The summed E-state index contributed by atoms with van der Waals surface area (Å²) in [4.78, 5) is 55.7. The molecule has 39 heavy (non-hydrogen) atoms. The van der Waals surface area contributed by atoms with E-state index >= 15 is 0 Å². The monoisotopic (exact) mass is 525 g/mol. The Kier molecular flexibility index (Phi) is 5.79. The van der Waals surface area contributed by atoms with Crippen molar-refractivity contribution in [2.75, 3.05) is 19.1 Å². The highest BCUT2D eigenvalue weighted by molar-refractivity contribution is 6.25. The van der Waals surface area contributed by atoms with E-state index in [0.29, 0.717) is 45.9 Å². The smallest absolute Gasteiger partial charge is 0.238 e. The molecule has 0 spiro atoms. The minimum absolute atomic E-state index is 0.0797. The first kappa shape index (κ1) is 24.9. The number of ether oxygens (including phenoxy) is 2. The van der Waals surface area contributed by atoms with E-state index in [1.54, 1.807) is 31.2 Å². The van der Waals surface area contributed by atoms with E-state index in [9.17, 15) is 24.3 Å². The topological polar surface area (TPSA) is 110 Å². The van der Waals surface area contributed by atoms with Gasteiger partial charge in [-0.1, -0.05) is 29.8 Å². The maximum Gasteiger partial charge on any atom is 0.238 e. The molecule has 1 heterocycles. The number of amides is 2. The standard InChI is InChI=1S/C31H27NO7/c1-15-11-22(34)21-14-20-18(9-10-19-25(20)31(37)32(30(19)36)16-7-5-4-6-8-16)26(27(21)29(15)35)28-23(38-2)12-17(33)13-24(28)39-3/h4-9,11-13,19-20,25-26,33H,10,14H2,1-3H3/t19-,20+,25-,26-/m0/s1. The number of rotatable bonds is 4. The van der Waals surface area contributed by atoms with Crippen molar-refractivity contribution in [3.05, 3.63) is 82.5 Å². The molecule has 1 aliphatic heterocycles. The van der Waals surface area contributed by atoms with Crippen LogP contribution in [0.5, 0.6) is 17.2 Å². The molecule has 0 unspecified atom stereocenters. The number of carbonyl (C=O) groups is 4. The van der Waals surface area contributed by atoms with Crippen molar-refractivity contribution in [3.8, 4) is 17.2 Å². The molecule has 2 aromatic rings. The Balaban J connectivity index is 1.56.